The van der Waals surface area contributed by atoms with Gasteiger partial charge in [-0.1, -0.05) is 13.3 Å². The zero-order valence-corrected chi connectivity index (χ0v) is 9.89. The summed E-state index contributed by atoms with van der Waals surface area (Å²) in [5, 5.41) is 0. The van der Waals surface area contributed by atoms with Crippen LogP contribution in [0.4, 0.5) is 0 Å². The molecular weight excluding hydrogens is 216 g/mol. The van der Waals surface area contributed by atoms with E-state index in [1.165, 1.54) is 12.8 Å². The Labute approximate surface area is 91.8 Å². The van der Waals surface area contributed by atoms with Gasteiger partial charge in [0.2, 0.25) is 0 Å². The molecule has 0 bridgehead atoms. The molecule has 4 heteroatoms. The average Bonchev–Trinajstić information content (AvgIpc) is 2.01. The third-order valence-electron chi connectivity index (χ3n) is 1.63. The summed E-state index contributed by atoms with van der Waals surface area (Å²) in [6.45, 7) is 5.26. The molecule has 1 nitrogen and oxygen atoms in total. The van der Waals surface area contributed by atoms with Gasteiger partial charge < -0.3 is 4.90 Å². The molecule has 0 aliphatic heterocycles. The molecule has 0 rings (SSSR count). The van der Waals surface area contributed by atoms with E-state index in [1.54, 1.807) is 0 Å². The van der Waals surface area contributed by atoms with E-state index in [0.29, 0.717) is 11.8 Å². The molecule has 0 saturated heterocycles. The molecule has 0 aromatic rings. The van der Waals surface area contributed by atoms with Crippen LogP contribution < -0.4 is 0 Å². The summed E-state index contributed by atoms with van der Waals surface area (Å²) in [5.41, 5.74) is 0. The topological polar surface area (TPSA) is 3.24 Å². The van der Waals surface area contributed by atoms with E-state index >= 15 is 0 Å². The lowest BCUT2D eigenvalue weighted by Gasteiger charge is -2.18. The van der Waals surface area contributed by atoms with Crippen LogP contribution in [-0.4, -0.2) is 36.3 Å². The molecule has 0 N–H and O–H groups in total. The Balaban J connectivity index is 0. The van der Waals surface area contributed by atoms with Crippen molar-refractivity contribution in [2.45, 2.75) is 19.8 Å². The smallest absolute Gasteiger partial charge is 0.0351 e. The zero-order chi connectivity index (χ0) is 8.53. The third kappa shape index (κ3) is 8.92. The molecule has 0 atom stereocenters. The predicted molar refractivity (Wildman–Crippen MR) is 60.0 cm³/mol. The fourth-order valence-electron chi connectivity index (χ4n) is 0.956. The monoisotopic (exact) mass is 233 g/mol. The summed E-state index contributed by atoms with van der Waals surface area (Å²) in [5.74, 6) is 1.42. The third-order valence-corrected chi connectivity index (χ3v) is 1.97. The van der Waals surface area contributed by atoms with Crippen LogP contribution in [0.2, 0.25) is 0 Å². The molecule has 0 aromatic heterocycles. The van der Waals surface area contributed by atoms with Crippen molar-refractivity contribution >= 4 is 35.6 Å². The van der Waals surface area contributed by atoms with Crippen LogP contribution in [0.25, 0.3) is 0 Å². The summed E-state index contributed by atoms with van der Waals surface area (Å²) < 4.78 is 0. The quantitative estimate of drug-likeness (QED) is 0.612. The Kier molecular flexibility index (Phi) is 15.1. The second kappa shape index (κ2) is 11.8. The first-order valence-corrected chi connectivity index (χ1v) is 5.26. The second-order valence-electron chi connectivity index (χ2n) is 2.57. The number of rotatable bonds is 7. The van der Waals surface area contributed by atoms with Crippen LogP contribution in [0.1, 0.15) is 19.8 Å². The van der Waals surface area contributed by atoms with Gasteiger partial charge in [-0.3, -0.25) is 0 Å². The van der Waals surface area contributed by atoms with Crippen molar-refractivity contribution in [3.05, 3.63) is 0 Å². The summed E-state index contributed by atoms with van der Waals surface area (Å²) in [4.78, 5) is 2.31. The van der Waals surface area contributed by atoms with Crippen molar-refractivity contribution in [1.29, 1.82) is 0 Å². The van der Waals surface area contributed by atoms with Gasteiger partial charge in [0.05, 0.1) is 0 Å². The van der Waals surface area contributed by atoms with Crippen LogP contribution >= 0.6 is 35.6 Å². The van der Waals surface area contributed by atoms with E-state index < -0.39 is 0 Å². The van der Waals surface area contributed by atoms with Crippen LogP contribution in [-0.2, 0) is 0 Å². The van der Waals surface area contributed by atoms with E-state index in [4.69, 9.17) is 23.2 Å². The predicted octanol–water partition coefficient (Wildman–Crippen LogP) is 2.99. The van der Waals surface area contributed by atoms with Gasteiger partial charge in [-0.25, -0.2) is 0 Å². The standard InChI is InChI=1S/C8H17Cl2N.ClH/c1-2-3-6-11(7-4-9)8-5-10;/h2-8H2,1H3;1H. The highest BCUT2D eigenvalue weighted by Gasteiger charge is 2.00. The van der Waals surface area contributed by atoms with Crippen molar-refractivity contribution in [3.8, 4) is 0 Å². The Hall–Kier alpha value is 0.830. The van der Waals surface area contributed by atoms with Crippen LogP contribution in [0, 0.1) is 0 Å². The first kappa shape index (κ1) is 15.3. The van der Waals surface area contributed by atoms with Crippen LogP contribution in [0.15, 0.2) is 0 Å². The average molecular weight is 235 g/mol. The van der Waals surface area contributed by atoms with E-state index in [9.17, 15) is 0 Å². The van der Waals surface area contributed by atoms with Gasteiger partial charge in [0.25, 0.3) is 0 Å². The maximum absolute atomic E-state index is 5.63. The molecule has 0 aliphatic carbocycles. The molecule has 12 heavy (non-hydrogen) atoms. The highest BCUT2D eigenvalue weighted by atomic mass is 35.5. The molecule has 0 saturated carbocycles. The van der Waals surface area contributed by atoms with E-state index in [1.807, 2.05) is 0 Å². The summed E-state index contributed by atoms with van der Waals surface area (Å²) in [6.07, 6.45) is 2.48. The molecule has 0 aromatic carbocycles. The van der Waals surface area contributed by atoms with Crippen molar-refractivity contribution in [2.24, 2.45) is 0 Å². The molecule has 0 fully saturated rings. The molecular formula is C8H18Cl3N. The van der Waals surface area contributed by atoms with Crippen molar-refractivity contribution < 1.29 is 0 Å². The van der Waals surface area contributed by atoms with Crippen molar-refractivity contribution in [3.63, 3.8) is 0 Å². The first-order chi connectivity index (χ1) is 5.35. The maximum atomic E-state index is 5.63. The second-order valence-corrected chi connectivity index (χ2v) is 3.33. The number of hydrogen-bond acceptors (Lipinski definition) is 1. The molecule has 0 amide bonds. The zero-order valence-electron chi connectivity index (χ0n) is 7.56. The summed E-state index contributed by atoms with van der Waals surface area (Å²) in [6, 6.07) is 0. The number of hydrogen-bond donors (Lipinski definition) is 0. The molecule has 0 heterocycles. The Morgan fingerprint density at radius 2 is 1.50 bits per heavy atom. The molecule has 0 aliphatic rings. The van der Waals surface area contributed by atoms with Crippen molar-refractivity contribution in [1.82, 2.24) is 4.90 Å². The Morgan fingerprint density at radius 1 is 1.00 bits per heavy atom. The molecule has 0 radical (unpaired) electrons. The minimum absolute atomic E-state index is 0. The van der Waals surface area contributed by atoms with Gasteiger partial charge in [-0.15, -0.1) is 35.6 Å². The van der Waals surface area contributed by atoms with Gasteiger partial charge in [0.1, 0.15) is 0 Å². The fraction of sp³-hybridized carbons (Fsp3) is 1.00. The lowest BCUT2D eigenvalue weighted by molar-refractivity contribution is 0.302. The number of unbranched alkanes of at least 4 members (excludes halogenated alkanes) is 1. The lowest BCUT2D eigenvalue weighted by Crippen LogP contribution is -2.28. The Bertz CT molecular complexity index is 74.7. The number of nitrogens with zero attached hydrogens (tertiary/aromatic N) is 1. The highest BCUT2D eigenvalue weighted by Crippen LogP contribution is 1.96. The maximum Gasteiger partial charge on any atom is 0.0351 e. The Morgan fingerprint density at radius 3 is 1.83 bits per heavy atom. The summed E-state index contributed by atoms with van der Waals surface area (Å²) in [7, 11) is 0. The SMILES string of the molecule is CCCCN(CCCl)CCCl.Cl. The molecule has 0 unspecified atom stereocenters. The lowest BCUT2D eigenvalue weighted by atomic mass is 10.3. The van der Waals surface area contributed by atoms with E-state index in [-0.39, 0.29) is 12.4 Å². The largest absolute Gasteiger partial charge is 0.301 e. The van der Waals surface area contributed by atoms with Gasteiger partial charge in [0.15, 0.2) is 0 Å². The minimum atomic E-state index is 0. The van der Waals surface area contributed by atoms with E-state index in [0.717, 1.165) is 19.6 Å². The van der Waals surface area contributed by atoms with Crippen LogP contribution in [0.5, 0.6) is 0 Å². The molecule has 0 spiro atoms. The minimum Gasteiger partial charge on any atom is -0.301 e. The van der Waals surface area contributed by atoms with E-state index in [2.05, 4.69) is 11.8 Å². The van der Waals surface area contributed by atoms with Gasteiger partial charge in [0, 0.05) is 24.8 Å². The van der Waals surface area contributed by atoms with Gasteiger partial charge in [-0.2, -0.15) is 0 Å². The normalized spacial score (nSPS) is 10.0. The highest BCUT2D eigenvalue weighted by molar-refractivity contribution is 6.18. The fourth-order valence-corrected chi connectivity index (χ4v) is 1.43. The molecule has 76 valence electrons. The van der Waals surface area contributed by atoms with Crippen LogP contribution in [0.3, 0.4) is 0 Å². The number of halogens is 3. The van der Waals surface area contributed by atoms with Gasteiger partial charge in [-0.05, 0) is 13.0 Å². The number of alkyl halides is 2. The summed E-state index contributed by atoms with van der Waals surface area (Å²) >= 11 is 11.3. The first-order valence-electron chi connectivity index (χ1n) is 4.19. The van der Waals surface area contributed by atoms with Crippen molar-refractivity contribution in [2.75, 3.05) is 31.4 Å². The van der Waals surface area contributed by atoms with Gasteiger partial charge >= 0.3 is 0 Å².